The summed E-state index contributed by atoms with van der Waals surface area (Å²) in [5.41, 5.74) is 1.63. The molecule has 6 nitrogen and oxygen atoms in total. The quantitative estimate of drug-likeness (QED) is 0.744. The number of rotatable bonds is 6. The molecular weight excluding hydrogens is 368 g/mol. The van der Waals surface area contributed by atoms with Gasteiger partial charge < -0.3 is 15.0 Å². The zero-order valence-electron chi connectivity index (χ0n) is 17.3. The molecular formula is C23H32N2O4. The van der Waals surface area contributed by atoms with Crippen molar-refractivity contribution in [1.82, 2.24) is 10.2 Å². The summed E-state index contributed by atoms with van der Waals surface area (Å²) in [7, 11) is 0. The Balaban J connectivity index is 1.46. The van der Waals surface area contributed by atoms with E-state index in [0.717, 1.165) is 31.2 Å². The van der Waals surface area contributed by atoms with Gasteiger partial charge in [0.2, 0.25) is 5.91 Å². The van der Waals surface area contributed by atoms with Crippen molar-refractivity contribution in [2.75, 3.05) is 19.7 Å². The van der Waals surface area contributed by atoms with Crippen LogP contribution in [-0.4, -0.2) is 42.4 Å². The zero-order valence-corrected chi connectivity index (χ0v) is 17.3. The van der Waals surface area contributed by atoms with Crippen molar-refractivity contribution in [3.63, 3.8) is 0 Å². The molecule has 2 aliphatic rings. The van der Waals surface area contributed by atoms with Gasteiger partial charge in [-0.25, -0.2) is 0 Å². The first-order chi connectivity index (χ1) is 14.1. The van der Waals surface area contributed by atoms with Gasteiger partial charge in [0.25, 0.3) is 5.91 Å². The van der Waals surface area contributed by atoms with Crippen molar-refractivity contribution in [3.8, 4) is 0 Å². The normalized spacial score (nSPS) is 18.3. The van der Waals surface area contributed by atoms with E-state index >= 15 is 0 Å². The highest BCUT2D eigenvalue weighted by molar-refractivity contribution is 5.94. The van der Waals surface area contributed by atoms with E-state index in [1.807, 2.05) is 31.2 Å². The Morgan fingerprint density at radius 2 is 1.62 bits per heavy atom. The number of nitrogens with one attached hydrogen (secondary N) is 1. The minimum Gasteiger partial charge on any atom is -0.466 e. The third-order valence-corrected chi connectivity index (χ3v) is 6.05. The molecule has 1 saturated heterocycles. The average Bonchev–Trinajstić information content (AvgIpc) is 2.78. The zero-order chi connectivity index (χ0) is 20.6. The van der Waals surface area contributed by atoms with Gasteiger partial charge in [-0.1, -0.05) is 31.4 Å². The predicted molar refractivity (Wildman–Crippen MR) is 110 cm³/mol. The molecule has 1 aliphatic carbocycles. The summed E-state index contributed by atoms with van der Waals surface area (Å²) < 4.78 is 5.08. The van der Waals surface area contributed by atoms with Crippen molar-refractivity contribution >= 4 is 17.8 Å². The number of carbonyl (C=O) groups is 3. The molecule has 0 radical (unpaired) electrons. The van der Waals surface area contributed by atoms with Gasteiger partial charge in [-0.05, 0) is 50.3 Å². The molecule has 3 rings (SSSR count). The maximum Gasteiger partial charge on any atom is 0.309 e. The predicted octanol–water partition coefficient (Wildman–Crippen LogP) is 3.30. The molecule has 1 N–H and O–H groups in total. The Hall–Kier alpha value is -2.37. The number of likely N-dealkylation sites (tertiary alicyclic amines) is 1. The number of hydrogen-bond acceptors (Lipinski definition) is 4. The fourth-order valence-electron chi connectivity index (χ4n) is 4.22. The molecule has 0 aromatic heterocycles. The van der Waals surface area contributed by atoms with Gasteiger partial charge in [0, 0.05) is 31.1 Å². The SMILES string of the molecule is CCOC(=O)C1CCN(C(=O)c2ccc(CNC(=O)C3CCCCC3)cc2)CC1. The molecule has 158 valence electrons. The summed E-state index contributed by atoms with van der Waals surface area (Å²) in [5.74, 6) is 0.0370. The lowest BCUT2D eigenvalue weighted by Gasteiger charge is -2.31. The number of benzene rings is 1. The minimum absolute atomic E-state index is 0.00917. The second-order valence-electron chi connectivity index (χ2n) is 8.07. The summed E-state index contributed by atoms with van der Waals surface area (Å²) in [6.45, 7) is 3.84. The Bertz CT molecular complexity index is 702. The maximum absolute atomic E-state index is 12.7. The van der Waals surface area contributed by atoms with Gasteiger partial charge in [-0.2, -0.15) is 0 Å². The monoisotopic (exact) mass is 400 g/mol. The van der Waals surface area contributed by atoms with Gasteiger partial charge >= 0.3 is 5.97 Å². The molecule has 0 spiro atoms. The van der Waals surface area contributed by atoms with Crippen LogP contribution in [0.4, 0.5) is 0 Å². The summed E-state index contributed by atoms with van der Waals surface area (Å²) >= 11 is 0. The molecule has 0 unspecified atom stereocenters. The second kappa shape index (κ2) is 10.4. The van der Waals surface area contributed by atoms with Crippen LogP contribution >= 0.6 is 0 Å². The number of ether oxygens (including phenoxy) is 1. The van der Waals surface area contributed by atoms with E-state index in [1.165, 1.54) is 6.42 Å². The van der Waals surface area contributed by atoms with E-state index in [1.54, 1.807) is 4.90 Å². The van der Waals surface area contributed by atoms with Crippen LogP contribution in [0, 0.1) is 11.8 Å². The molecule has 1 aliphatic heterocycles. The Morgan fingerprint density at radius 1 is 0.966 bits per heavy atom. The maximum atomic E-state index is 12.7. The largest absolute Gasteiger partial charge is 0.466 e. The fraction of sp³-hybridized carbons (Fsp3) is 0.609. The highest BCUT2D eigenvalue weighted by Crippen LogP contribution is 2.24. The topological polar surface area (TPSA) is 75.7 Å². The lowest BCUT2D eigenvalue weighted by Crippen LogP contribution is -2.40. The Morgan fingerprint density at radius 3 is 2.24 bits per heavy atom. The molecule has 1 saturated carbocycles. The molecule has 1 aromatic rings. The highest BCUT2D eigenvalue weighted by Gasteiger charge is 2.28. The lowest BCUT2D eigenvalue weighted by atomic mass is 9.88. The highest BCUT2D eigenvalue weighted by atomic mass is 16.5. The van der Waals surface area contributed by atoms with Crippen molar-refractivity contribution in [1.29, 1.82) is 0 Å². The van der Waals surface area contributed by atoms with E-state index in [2.05, 4.69) is 5.32 Å². The Kier molecular flexibility index (Phi) is 7.67. The van der Waals surface area contributed by atoms with Crippen molar-refractivity contribution in [2.24, 2.45) is 11.8 Å². The number of hydrogen-bond donors (Lipinski definition) is 1. The summed E-state index contributed by atoms with van der Waals surface area (Å²) in [4.78, 5) is 38.6. The minimum atomic E-state index is -0.153. The molecule has 2 fully saturated rings. The van der Waals surface area contributed by atoms with Gasteiger partial charge in [-0.3, -0.25) is 14.4 Å². The summed E-state index contributed by atoms with van der Waals surface area (Å²) in [5, 5.41) is 3.03. The summed E-state index contributed by atoms with van der Waals surface area (Å²) in [6, 6.07) is 7.45. The third-order valence-electron chi connectivity index (χ3n) is 6.05. The van der Waals surface area contributed by atoms with Crippen LogP contribution in [0.1, 0.15) is 67.8 Å². The van der Waals surface area contributed by atoms with E-state index in [4.69, 9.17) is 4.74 Å². The molecule has 6 heteroatoms. The first kappa shape index (κ1) is 21.3. The van der Waals surface area contributed by atoms with Crippen molar-refractivity contribution in [2.45, 2.75) is 58.4 Å². The molecule has 1 heterocycles. The van der Waals surface area contributed by atoms with Crippen LogP contribution in [0.3, 0.4) is 0 Å². The van der Waals surface area contributed by atoms with Gasteiger partial charge in [0.05, 0.1) is 12.5 Å². The van der Waals surface area contributed by atoms with Crippen LogP contribution in [-0.2, 0) is 20.9 Å². The number of esters is 1. The van der Waals surface area contributed by atoms with Crippen LogP contribution in [0.5, 0.6) is 0 Å². The summed E-state index contributed by atoms with van der Waals surface area (Å²) in [6.07, 6.45) is 6.81. The smallest absolute Gasteiger partial charge is 0.309 e. The van der Waals surface area contributed by atoms with E-state index in [0.29, 0.717) is 44.6 Å². The van der Waals surface area contributed by atoms with Gasteiger partial charge in [0.1, 0.15) is 0 Å². The average molecular weight is 401 g/mol. The van der Waals surface area contributed by atoms with Crippen molar-refractivity contribution in [3.05, 3.63) is 35.4 Å². The van der Waals surface area contributed by atoms with Crippen LogP contribution in [0.2, 0.25) is 0 Å². The molecule has 29 heavy (non-hydrogen) atoms. The third kappa shape index (κ3) is 5.81. The number of carbonyl (C=O) groups excluding carboxylic acids is 3. The molecule has 2 amide bonds. The van der Waals surface area contributed by atoms with E-state index in [9.17, 15) is 14.4 Å². The standard InChI is InChI=1S/C23H32N2O4/c1-2-29-23(28)20-12-14-25(15-13-20)22(27)19-10-8-17(9-11-19)16-24-21(26)18-6-4-3-5-7-18/h8-11,18,20H,2-7,12-16H2,1H3,(H,24,26). The van der Waals surface area contributed by atoms with Crippen LogP contribution < -0.4 is 5.32 Å². The molecule has 0 bridgehead atoms. The van der Waals surface area contributed by atoms with Gasteiger partial charge in [0.15, 0.2) is 0 Å². The van der Waals surface area contributed by atoms with Gasteiger partial charge in [-0.15, -0.1) is 0 Å². The first-order valence-corrected chi connectivity index (χ1v) is 10.9. The van der Waals surface area contributed by atoms with Crippen LogP contribution in [0.15, 0.2) is 24.3 Å². The molecule has 0 atom stereocenters. The van der Waals surface area contributed by atoms with E-state index in [-0.39, 0.29) is 29.6 Å². The lowest BCUT2D eigenvalue weighted by molar-refractivity contribution is -0.149. The Labute approximate surface area is 173 Å². The first-order valence-electron chi connectivity index (χ1n) is 10.9. The fourth-order valence-corrected chi connectivity index (χ4v) is 4.22. The number of piperidine rings is 1. The number of nitrogens with zero attached hydrogens (tertiary/aromatic N) is 1. The van der Waals surface area contributed by atoms with Crippen molar-refractivity contribution < 1.29 is 19.1 Å². The second-order valence-corrected chi connectivity index (χ2v) is 8.07. The van der Waals surface area contributed by atoms with Crippen LogP contribution in [0.25, 0.3) is 0 Å². The van der Waals surface area contributed by atoms with E-state index < -0.39 is 0 Å². The molecule has 1 aromatic carbocycles. The number of amides is 2.